The first-order valence-electron chi connectivity index (χ1n) is 12.2. The number of hydrogen-bond donors (Lipinski definition) is 1. The number of fused-ring (bicyclic) bond motifs is 1. The molecule has 3 heterocycles. The van der Waals surface area contributed by atoms with Crippen molar-refractivity contribution >= 4 is 34.7 Å². The van der Waals surface area contributed by atoms with Crippen LogP contribution in [-0.4, -0.2) is 80.2 Å². The predicted molar refractivity (Wildman–Crippen MR) is 138 cm³/mol. The molecule has 2 aliphatic heterocycles. The molecule has 1 saturated heterocycles. The van der Waals surface area contributed by atoms with Crippen molar-refractivity contribution in [2.24, 2.45) is 0 Å². The van der Waals surface area contributed by atoms with Gasteiger partial charge in [-0.3, -0.25) is 4.79 Å². The van der Waals surface area contributed by atoms with Gasteiger partial charge >= 0.3 is 0 Å². The molecule has 0 bridgehead atoms. The highest BCUT2D eigenvalue weighted by atomic mass is 16.5. The van der Waals surface area contributed by atoms with Gasteiger partial charge < -0.3 is 29.7 Å². The van der Waals surface area contributed by atoms with E-state index in [4.69, 9.17) is 9.72 Å². The van der Waals surface area contributed by atoms with E-state index in [1.165, 1.54) is 0 Å². The lowest BCUT2D eigenvalue weighted by atomic mass is 10.1. The second-order valence-electron chi connectivity index (χ2n) is 9.38. The van der Waals surface area contributed by atoms with E-state index in [1.54, 1.807) is 25.3 Å². The zero-order chi connectivity index (χ0) is 24.4. The molecule has 1 amide bonds. The molecule has 1 atom stereocenters. The van der Waals surface area contributed by atoms with Crippen molar-refractivity contribution in [3.63, 3.8) is 0 Å². The first kappa shape index (κ1) is 24.1. The molecule has 4 rings (SSSR count). The van der Waals surface area contributed by atoms with E-state index in [1.807, 2.05) is 13.0 Å². The third-order valence-corrected chi connectivity index (χ3v) is 6.77. The summed E-state index contributed by atoms with van der Waals surface area (Å²) in [5.74, 6) is 2.07. The summed E-state index contributed by atoms with van der Waals surface area (Å²) in [7, 11) is 5.65. The number of anilines is 5. The highest BCUT2D eigenvalue weighted by Gasteiger charge is 2.38. The monoisotopic (exact) mass is 467 g/mol. The average molecular weight is 468 g/mol. The molecular formula is C25H37N7O2. The van der Waals surface area contributed by atoms with Crippen molar-refractivity contribution in [2.45, 2.75) is 45.7 Å². The zero-order valence-corrected chi connectivity index (χ0v) is 21.2. The highest BCUT2D eigenvalue weighted by molar-refractivity contribution is 6.04. The standard InChI is InChI=1S/C25H37N7O2/c1-7-20-24(33)30(5)21-16-26-25(28-23(21)32(20)17(2)3)27-19-10-9-18(15-22(19)34-6)31-12-8-11-29(4)13-14-31/h9-10,15-17,20H,7-8,11-14H2,1-6H3,(H,26,27,28)/t20-/m1/s1. The number of likely N-dealkylation sites (N-methyl/N-ethyl adjacent to an activating group) is 2. The van der Waals surface area contributed by atoms with Gasteiger partial charge in [-0.25, -0.2) is 4.98 Å². The minimum atomic E-state index is -0.235. The largest absolute Gasteiger partial charge is 0.494 e. The number of methoxy groups -OCH3 is 1. The quantitative estimate of drug-likeness (QED) is 0.693. The molecule has 1 fully saturated rings. The van der Waals surface area contributed by atoms with Crippen molar-refractivity contribution in [2.75, 3.05) is 67.4 Å². The summed E-state index contributed by atoms with van der Waals surface area (Å²) in [6, 6.07) is 6.11. The Morgan fingerprint density at radius 1 is 1.18 bits per heavy atom. The maximum absolute atomic E-state index is 12.9. The van der Waals surface area contributed by atoms with Gasteiger partial charge in [-0.05, 0) is 52.4 Å². The van der Waals surface area contributed by atoms with Gasteiger partial charge in [0.1, 0.15) is 17.5 Å². The van der Waals surface area contributed by atoms with E-state index in [9.17, 15) is 4.79 Å². The average Bonchev–Trinajstić information content (AvgIpc) is 3.05. The molecule has 1 aromatic heterocycles. The van der Waals surface area contributed by atoms with Crippen LogP contribution in [0.3, 0.4) is 0 Å². The lowest BCUT2D eigenvalue weighted by Gasteiger charge is -2.42. The van der Waals surface area contributed by atoms with Crippen LogP contribution in [0.25, 0.3) is 0 Å². The fraction of sp³-hybridized carbons (Fsp3) is 0.560. The Morgan fingerprint density at radius 3 is 2.68 bits per heavy atom. The van der Waals surface area contributed by atoms with Crippen LogP contribution < -0.4 is 24.8 Å². The van der Waals surface area contributed by atoms with E-state index in [0.29, 0.717) is 5.95 Å². The number of amides is 1. The first-order chi connectivity index (χ1) is 16.3. The van der Waals surface area contributed by atoms with Gasteiger partial charge in [0.25, 0.3) is 0 Å². The van der Waals surface area contributed by atoms with Crippen molar-refractivity contribution in [3.8, 4) is 5.75 Å². The van der Waals surface area contributed by atoms with E-state index >= 15 is 0 Å². The lowest BCUT2D eigenvalue weighted by molar-refractivity contribution is -0.120. The van der Waals surface area contributed by atoms with E-state index < -0.39 is 0 Å². The number of hydrogen-bond acceptors (Lipinski definition) is 8. The van der Waals surface area contributed by atoms with Gasteiger partial charge in [0.05, 0.1) is 19.0 Å². The zero-order valence-electron chi connectivity index (χ0n) is 21.2. The Morgan fingerprint density at radius 2 is 1.97 bits per heavy atom. The normalized spacial score (nSPS) is 19.3. The van der Waals surface area contributed by atoms with Gasteiger partial charge in [-0.15, -0.1) is 0 Å². The van der Waals surface area contributed by atoms with Gasteiger partial charge in [0, 0.05) is 44.5 Å². The number of nitrogens with one attached hydrogen (secondary N) is 1. The number of aromatic nitrogens is 2. The molecule has 184 valence electrons. The van der Waals surface area contributed by atoms with E-state index in [0.717, 1.165) is 67.7 Å². The van der Waals surface area contributed by atoms with Crippen LogP contribution in [0.15, 0.2) is 24.4 Å². The third-order valence-electron chi connectivity index (χ3n) is 6.77. The van der Waals surface area contributed by atoms with Gasteiger partial charge in [-0.1, -0.05) is 6.92 Å². The molecule has 2 aliphatic rings. The second kappa shape index (κ2) is 10.0. The molecule has 34 heavy (non-hydrogen) atoms. The highest BCUT2D eigenvalue weighted by Crippen LogP contribution is 2.37. The topological polar surface area (TPSA) is 77.1 Å². The fourth-order valence-electron chi connectivity index (χ4n) is 4.84. The van der Waals surface area contributed by atoms with Crippen LogP contribution >= 0.6 is 0 Å². The Balaban J connectivity index is 1.62. The molecule has 1 N–H and O–H groups in total. The Kier molecular flexibility index (Phi) is 7.11. The van der Waals surface area contributed by atoms with Crippen LogP contribution in [0.5, 0.6) is 5.75 Å². The van der Waals surface area contributed by atoms with Crippen molar-refractivity contribution < 1.29 is 9.53 Å². The minimum absolute atomic E-state index is 0.0740. The molecule has 2 aromatic rings. The SMILES string of the molecule is CC[C@@H]1C(=O)N(C)c2cnc(Nc3ccc(N4CCCN(C)CC4)cc3OC)nc2N1C(C)C. The molecular weight excluding hydrogens is 430 g/mol. The summed E-state index contributed by atoms with van der Waals surface area (Å²) in [6.07, 6.45) is 3.58. The molecule has 9 nitrogen and oxygen atoms in total. The van der Waals surface area contributed by atoms with Gasteiger partial charge in [-0.2, -0.15) is 4.98 Å². The summed E-state index contributed by atoms with van der Waals surface area (Å²) >= 11 is 0. The summed E-state index contributed by atoms with van der Waals surface area (Å²) in [5, 5.41) is 3.34. The third kappa shape index (κ3) is 4.61. The van der Waals surface area contributed by atoms with Crippen LogP contribution in [0.2, 0.25) is 0 Å². The summed E-state index contributed by atoms with van der Waals surface area (Å²) in [6.45, 7) is 10.4. The first-order valence-corrected chi connectivity index (χ1v) is 12.2. The Bertz CT molecular complexity index is 1030. The number of benzene rings is 1. The van der Waals surface area contributed by atoms with Crippen LogP contribution in [-0.2, 0) is 4.79 Å². The molecule has 0 unspecified atom stereocenters. The number of carbonyl (C=O) groups is 1. The Labute approximate surface area is 202 Å². The van der Waals surface area contributed by atoms with Crippen molar-refractivity contribution in [1.29, 1.82) is 0 Å². The number of carbonyl (C=O) groups excluding carboxylic acids is 1. The number of ether oxygens (including phenoxy) is 1. The van der Waals surface area contributed by atoms with Crippen molar-refractivity contribution in [1.82, 2.24) is 14.9 Å². The minimum Gasteiger partial charge on any atom is -0.494 e. The maximum atomic E-state index is 12.9. The van der Waals surface area contributed by atoms with Gasteiger partial charge in [0.15, 0.2) is 5.82 Å². The molecule has 0 aliphatic carbocycles. The molecule has 0 spiro atoms. The predicted octanol–water partition coefficient (Wildman–Crippen LogP) is 3.34. The summed E-state index contributed by atoms with van der Waals surface area (Å²) in [5.41, 5.74) is 2.69. The molecule has 9 heteroatoms. The van der Waals surface area contributed by atoms with Crippen LogP contribution in [0.1, 0.15) is 33.6 Å². The van der Waals surface area contributed by atoms with Crippen molar-refractivity contribution in [3.05, 3.63) is 24.4 Å². The lowest BCUT2D eigenvalue weighted by Crippen LogP contribution is -2.54. The smallest absolute Gasteiger partial charge is 0.249 e. The fourth-order valence-corrected chi connectivity index (χ4v) is 4.84. The van der Waals surface area contributed by atoms with E-state index in [-0.39, 0.29) is 18.0 Å². The number of rotatable bonds is 6. The number of nitrogens with zero attached hydrogens (tertiary/aromatic N) is 6. The Hall–Kier alpha value is -3.07. The van der Waals surface area contributed by atoms with Crippen LogP contribution in [0.4, 0.5) is 28.8 Å². The summed E-state index contributed by atoms with van der Waals surface area (Å²) in [4.78, 5) is 30.8. The van der Waals surface area contributed by atoms with Crippen LogP contribution in [0, 0.1) is 0 Å². The summed E-state index contributed by atoms with van der Waals surface area (Å²) < 4.78 is 5.72. The molecule has 0 saturated carbocycles. The van der Waals surface area contributed by atoms with Gasteiger partial charge in [0.2, 0.25) is 11.9 Å². The second-order valence-corrected chi connectivity index (χ2v) is 9.38. The maximum Gasteiger partial charge on any atom is 0.249 e. The molecule has 1 aromatic carbocycles. The molecule has 0 radical (unpaired) electrons. The van der Waals surface area contributed by atoms with E-state index in [2.05, 4.69) is 58.0 Å².